The highest BCUT2D eigenvalue weighted by Gasteiger charge is 2.19. The van der Waals surface area contributed by atoms with Gasteiger partial charge in [0.25, 0.3) is 0 Å². The van der Waals surface area contributed by atoms with E-state index in [-0.39, 0.29) is 12.2 Å². The van der Waals surface area contributed by atoms with Crippen molar-refractivity contribution >= 4 is 17.9 Å². The summed E-state index contributed by atoms with van der Waals surface area (Å²) in [5.41, 5.74) is 4.33. The van der Waals surface area contributed by atoms with Gasteiger partial charge in [0.15, 0.2) is 0 Å². The Bertz CT molecular complexity index is 1510. The number of carbonyl (C=O) groups excluding carboxylic acids is 2. The minimum Gasteiger partial charge on any atom is -0.379 e. The third-order valence-corrected chi connectivity index (χ3v) is 6.37. The van der Waals surface area contributed by atoms with E-state index >= 15 is 0 Å². The van der Waals surface area contributed by atoms with Gasteiger partial charge in [-0.1, -0.05) is 23.4 Å². The number of nitriles is 1. The van der Waals surface area contributed by atoms with E-state index in [1.165, 1.54) is 6.42 Å². The van der Waals surface area contributed by atoms with Crippen LogP contribution in [-0.4, -0.2) is 68.4 Å². The monoisotopic (exact) mass is 523 g/mol. The molecule has 2 fully saturated rings. The Morgan fingerprint density at radius 3 is 2.59 bits per heavy atom. The van der Waals surface area contributed by atoms with Crippen molar-refractivity contribution in [3.63, 3.8) is 0 Å². The first-order chi connectivity index (χ1) is 19.1. The van der Waals surface area contributed by atoms with Crippen LogP contribution in [0.2, 0.25) is 0 Å². The summed E-state index contributed by atoms with van der Waals surface area (Å²) >= 11 is 0. The van der Waals surface area contributed by atoms with Gasteiger partial charge in [-0.15, -0.1) is 5.10 Å². The highest BCUT2D eigenvalue weighted by atomic mass is 16.5. The van der Waals surface area contributed by atoms with Gasteiger partial charge < -0.3 is 15.0 Å². The highest BCUT2D eigenvalue weighted by molar-refractivity contribution is 5.68. The van der Waals surface area contributed by atoms with E-state index in [2.05, 4.69) is 26.6 Å². The van der Waals surface area contributed by atoms with Crippen LogP contribution in [0, 0.1) is 11.3 Å². The molecule has 12 heteroatoms. The Labute approximate surface area is 224 Å². The lowest BCUT2D eigenvalue weighted by Gasteiger charge is -2.32. The summed E-state index contributed by atoms with van der Waals surface area (Å²) in [6, 6.07) is 17.7. The molecule has 0 bridgehead atoms. The molecule has 4 aromatic rings. The summed E-state index contributed by atoms with van der Waals surface area (Å²) in [6.07, 6.45) is 4.23. The van der Waals surface area contributed by atoms with Crippen LogP contribution in [0.1, 0.15) is 24.1 Å². The van der Waals surface area contributed by atoms with E-state index in [1.807, 2.05) is 48.7 Å². The number of rotatable bonds is 7. The molecule has 39 heavy (non-hydrogen) atoms. The Balaban J connectivity index is 0.000000983. The smallest absolute Gasteiger partial charge is 0.373 e. The molecular weight excluding hydrogens is 498 g/mol. The minimum absolute atomic E-state index is 0.152. The lowest BCUT2D eigenvalue weighted by molar-refractivity contribution is -0.191. The van der Waals surface area contributed by atoms with Gasteiger partial charge >= 0.3 is 6.15 Å². The van der Waals surface area contributed by atoms with Crippen molar-refractivity contribution in [1.29, 1.82) is 5.26 Å². The van der Waals surface area contributed by atoms with E-state index < -0.39 is 0 Å². The van der Waals surface area contributed by atoms with Crippen LogP contribution in [-0.2, 0) is 20.9 Å². The van der Waals surface area contributed by atoms with Crippen molar-refractivity contribution in [3.8, 4) is 28.7 Å². The first kappa shape index (κ1) is 25.7. The molecule has 1 N–H and O–H groups in total. The van der Waals surface area contributed by atoms with Crippen molar-refractivity contribution in [2.24, 2.45) is 0 Å². The first-order valence-corrected chi connectivity index (χ1v) is 12.5. The molecule has 0 saturated carbocycles. The molecule has 5 heterocycles. The number of hydrogen-bond donors (Lipinski definition) is 1. The average Bonchev–Trinajstić information content (AvgIpc) is 3.61. The van der Waals surface area contributed by atoms with Gasteiger partial charge in [-0.05, 0) is 43.2 Å². The quantitative estimate of drug-likeness (QED) is 0.380. The van der Waals surface area contributed by atoms with Crippen LogP contribution in [0.5, 0.6) is 0 Å². The van der Waals surface area contributed by atoms with Crippen LogP contribution >= 0.6 is 0 Å². The Morgan fingerprint density at radius 2 is 1.85 bits per heavy atom. The zero-order chi connectivity index (χ0) is 27.0. The van der Waals surface area contributed by atoms with Gasteiger partial charge in [-0.2, -0.15) is 14.9 Å². The van der Waals surface area contributed by atoms with Gasteiger partial charge in [0.05, 0.1) is 54.1 Å². The van der Waals surface area contributed by atoms with Crippen molar-refractivity contribution in [2.75, 3.05) is 36.5 Å². The summed E-state index contributed by atoms with van der Waals surface area (Å²) < 4.78 is 7.27. The normalized spacial score (nSPS) is 15.9. The second kappa shape index (κ2) is 12.0. The molecule has 1 aromatic carbocycles. The number of nitrogens with one attached hydrogen (secondary N) is 1. The predicted molar refractivity (Wildman–Crippen MR) is 139 cm³/mol. The van der Waals surface area contributed by atoms with Crippen LogP contribution in [0.15, 0.2) is 54.7 Å². The van der Waals surface area contributed by atoms with Crippen molar-refractivity contribution in [2.45, 2.75) is 25.4 Å². The van der Waals surface area contributed by atoms with Crippen molar-refractivity contribution in [3.05, 3.63) is 66.0 Å². The predicted octanol–water partition coefficient (Wildman–Crippen LogP) is 2.54. The third kappa shape index (κ3) is 6.30. The van der Waals surface area contributed by atoms with E-state index in [1.54, 1.807) is 10.7 Å². The van der Waals surface area contributed by atoms with E-state index in [9.17, 15) is 5.26 Å². The summed E-state index contributed by atoms with van der Waals surface area (Å²) in [5, 5.41) is 21.4. The van der Waals surface area contributed by atoms with E-state index in [4.69, 9.17) is 29.3 Å². The summed E-state index contributed by atoms with van der Waals surface area (Å²) in [6.45, 7) is 3.96. The summed E-state index contributed by atoms with van der Waals surface area (Å²) in [5.74, 6) is 1.50. The zero-order valence-electron chi connectivity index (χ0n) is 21.0. The fraction of sp³-hybridized carbons (Fsp3) is 0.296. The second-order valence-electron chi connectivity index (χ2n) is 9.07. The summed E-state index contributed by atoms with van der Waals surface area (Å²) in [7, 11) is 0. The Kier molecular flexibility index (Phi) is 7.92. The SMILES string of the molecule is N#Cc1cccc(-c2cc(-c3cn(Cc4cccc(N5CCC5)n4)nn3)nc(N[C@@H]3CCOC3)n2)c1.O=C=O. The molecule has 0 unspecified atom stereocenters. The molecule has 196 valence electrons. The topological polar surface area (TPSA) is 152 Å². The van der Waals surface area contributed by atoms with Gasteiger partial charge in [-0.25, -0.2) is 19.6 Å². The number of pyridine rings is 1. The molecular formula is C27H25N9O3. The molecule has 12 nitrogen and oxygen atoms in total. The number of nitrogens with zero attached hydrogens (tertiary/aromatic N) is 8. The molecule has 6 rings (SSSR count). The van der Waals surface area contributed by atoms with Crippen LogP contribution in [0.4, 0.5) is 11.8 Å². The number of hydrogen-bond acceptors (Lipinski definition) is 11. The minimum atomic E-state index is 0.152. The molecule has 0 amide bonds. The van der Waals surface area contributed by atoms with Crippen molar-refractivity contribution < 1.29 is 14.3 Å². The first-order valence-electron chi connectivity index (χ1n) is 12.5. The van der Waals surface area contributed by atoms with Crippen LogP contribution < -0.4 is 10.2 Å². The van der Waals surface area contributed by atoms with E-state index in [0.29, 0.717) is 41.7 Å². The fourth-order valence-electron chi connectivity index (χ4n) is 4.31. The number of aromatic nitrogens is 6. The maximum atomic E-state index is 9.34. The number of ether oxygens (including phenoxy) is 1. The Morgan fingerprint density at radius 1 is 1.03 bits per heavy atom. The van der Waals surface area contributed by atoms with Crippen LogP contribution in [0.3, 0.4) is 0 Å². The zero-order valence-corrected chi connectivity index (χ0v) is 21.0. The lowest BCUT2D eigenvalue weighted by Crippen LogP contribution is -2.37. The molecule has 2 aliphatic heterocycles. The maximum absolute atomic E-state index is 9.34. The molecule has 1 atom stereocenters. The molecule has 0 spiro atoms. The fourth-order valence-corrected chi connectivity index (χ4v) is 4.31. The standard InChI is InChI=1S/C26H25N9O.CO2/c27-14-18-4-1-5-19(12-18)22-13-23(31-26(30-22)29-21-8-11-36-17-21)24-16-35(33-32-24)15-20-6-2-7-25(28-20)34-9-3-10-34;2-1-3/h1-2,4-7,12-13,16,21H,3,8-11,15,17H2,(H,29,30,31);/t21-;/m1./s1. The number of anilines is 2. The number of benzene rings is 1. The van der Waals surface area contributed by atoms with Gasteiger partial charge in [-0.3, -0.25) is 0 Å². The molecule has 2 saturated heterocycles. The molecule has 3 aromatic heterocycles. The second-order valence-corrected chi connectivity index (χ2v) is 9.07. The lowest BCUT2D eigenvalue weighted by atomic mass is 10.1. The van der Waals surface area contributed by atoms with Gasteiger partial charge in [0, 0.05) is 25.3 Å². The van der Waals surface area contributed by atoms with Gasteiger partial charge in [0.1, 0.15) is 11.5 Å². The van der Waals surface area contributed by atoms with Gasteiger partial charge in [0.2, 0.25) is 5.95 Å². The van der Waals surface area contributed by atoms with Crippen molar-refractivity contribution in [1.82, 2.24) is 29.9 Å². The van der Waals surface area contributed by atoms with Crippen LogP contribution in [0.25, 0.3) is 22.6 Å². The van der Waals surface area contributed by atoms with E-state index in [0.717, 1.165) is 43.2 Å². The summed E-state index contributed by atoms with van der Waals surface area (Å²) in [4.78, 5) is 32.8. The Hall–Kier alpha value is -4.98. The highest BCUT2D eigenvalue weighted by Crippen LogP contribution is 2.26. The average molecular weight is 524 g/mol. The largest absolute Gasteiger partial charge is 0.379 e. The molecule has 2 aliphatic rings. The third-order valence-electron chi connectivity index (χ3n) is 6.37. The molecule has 0 aliphatic carbocycles. The molecule has 0 radical (unpaired) electrons. The maximum Gasteiger partial charge on any atom is 0.373 e.